The van der Waals surface area contributed by atoms with Crippen LogP contribution in [0.4, 0.5) is 0 Å². The molecule has 0 radical (unpaired) electrons. The maximum atomic E-state index is 5.29. The summed E-state index contributed by atoms with van der Waals surface area (Å²) in [6.45, 7) is 0.831. The Labute approximate surface area is 53.4 Å². The Balaban J connectivity index is 2.53. The van der Waals surface area contributed by atoms with E-state index in [-0.39, 0.29) is 9.76 Å². The average molecular weight is 133 g/mol. The van der Waals surface area contributed by atoms with Gasteiger partial charge in [0.1, 0.15) is 0 Å². The zero-order chi connectivity index (χ0) is 6.24. The molecule has 0 fully saturated rings. The number of unbranched alkanes of at least 4 members (excludes halogenated alkanes) is 1. The molecule has 0 aromatic carbocycles. The van der Waals surface area contributed by atoms with E-state index >= 15 is 0 Å². The Morgan fingerprint density at radius 2 is 2.25 bits per heavy atom. The SMILES string of the molecule is CO[SiH2]CCCCN. The predicted molar refractivity (Wildman–Crippen MR) is 38.6 cm³/mol. The van der Waals surface area contributed by atoms with Gasteiger partial charge in [-0.25, -0.2) is 0 Å². The highest BCUT2D eigenvalue weighted by molar-refractivity contribution is 6.26. The van der Waals surface area contributed by atoms with E-state index in [0.717, 1.165) is 13.0 Å². The Hall–Kier alpha value is 0.137. The van der Waals surface area contributed by atoms with Crippen LogP contribution in [0.2, 0.25) is 6.04 Å². The molecule has 0 aromatic heterocycles. The largest absolute Gasteiger partial charge is 0.427 e. The maximum Gasteiger partial charge on any atom is 0.161 e. The summed E-state index contributed by atoms with van der Waals surface area (Å²) in [5.41, 5.74) is 5.29. The minimum Gasteiger partial charge on any atom is -0.427 e. The van der Waals surface area contributed by atoms with Crippen molar-refractivity contribution in [3.63, 3.8) is 0 Å². The minimum atomic E-state index is -0.154. The van der Waals surface area contributed by atoms with Gasteiger partial charge in [-0.05, 0) is 19.0 Å². The van der Waals surface area contributed by atoms with E-state index in [9.17, 15) is 0 Å². The molecule has 0 saturated heterocycles. The third-order valence-electron chi connectivity index (χ3n) is 1.05. The lowest BCUT2D eigenvalue weighted by Crippen LogP contribution is -1.99. The van der Waals surface area contributed by atoms with Crippen molar-refractivity contribution in [2.45, 2.75) is 18.9 Å². The molecule has 0 aliphatic heterocycles. The number of hydrogen-bond acceptors (Lipinski definition) is 2. The molecule has 0 bridgehead atoms. The highest BCUT2D eigenvalue weighted by atomic mass is 28.2. The summed E-state index contributed by atoms with van der Waals surface area (Å²) in [7, 11) is 1.63. The van der Waals surface area contributed by atoms with Crippen molar-refractivity contribution in [2.24, 2.45) is 5.73 Å². The first-order valence-corrected chi connectivity index (χ1v) is 4.68. The second kappa shape index (κ2) is 7.14. The molecule has 0 rings (SSSR count). The van der Waals surface area contributed by atoms with Crippen molar-refractivity contribution in [3.05, 3.63) is 0 Å². The van der Waals surface area contributed by atoms with Crippen molar-refractivity contribution >= 4 is 9.76 Å². The van der Waals surface area contributed by atoms with Crippen LogP contribution in [0.1, 0.15) is 12.8 Å². The van der Waals surface area contributed by atoms with E-state index in [1.807, 2.05) is 0 Å². The molecule has 0 aromatic rings. The van der Waals surface area contributed by atoms with Crippen molar-refractivity contribution in [1.82, 2.24) is 0 Å². The highest BCUT2D eigenvalue weighted by Gasteiger charge is 1.84. The molecule has 0 aliphatic rings. The van der Waals surface area contributed by atoms with Crippen molar-refractivity contribution in [3.8, 4) is 0 Å². The molecule has 0 spiro atoms. The second-order valence-corrected chi connectivity index (χ2v) is 3.53. The molecule has 0 heterocycles. The topological polar surface area (TPSA) is 35.2 Å². The summed E-state index contributed by atoms with van der Waals surface area (Å²) < 4.78 is 4.99. The van der Waals surface area contributed by atoms with Gasteiger partial charge in [0.25, 0.3) is 0 Å². The fraction of sp³-hybridized carbons (Fsp3) is 1.00. The van der Waals surface area contributed by atoms with E-state index < -0.39 is 0 Å². The van der Waals surface area contributed by atoms with Crippen molar-refractivity contribution < 1.29 is 4.43 Å². The standard InChI is InChI=1S/C5H15NOSi/c1-7-8-5-3-2-4-6/h2-6,8H2,1H3. The van der Waals surface area contributed by atoms with Gasteiger partial charge < -0.3 is 10.2 Å². The Morgan fingerprint density at radius 3 is 2.75 bits per heavy atom. The smallest absolute Gasteiger partial charge is 0.161 e. The third kappa shape index (κ3) is 6.14. The Bertz CT molecular complexity index is 37.4. The number of rotatable bonds is 5. The van der Waals surface area contributed by atoms with Crippen LogP contribution < -0.4 is 5.73 Å². The maximum absolute atomic E-state index is 5.29. The normalized spacial score (nSPS) is 11.2. The van der Waals surface area contributed by atoms with Crippen LogP contribution in [0.25, 0.3) is 0 Å². The van der Waals surface area contributed by atoms with Gasteiger partial charge in [0.15, 0.2) is 9.76 Å². The lowest BCUT2D eigenvalue weighted by atomic mass is 10.3. The molecule has 0 aliphatic carbocycles. The first-order chi connectivity index (χ1) is 3.91. The Kier molecular flexibility index (Phi) is 7.26. The van der Waals surface area contributed by atoms with Gasteiger partial charge in [-0.1, -0.05) is 6.42 Å². The molecular weight excluding hydrogens is 118 g/mol. The minimum absolute atomic E-state index is 0.154. The van der Waals surface area contributed by atoms with Crippen molar-refractivity contribution in [2.75, 3.05) is 13.7 Å². The fourth-order valence-electron chi connectivity index (χ4n) is 0.568. The quantitative estimate of drug-likeness (QED) is 0.419. The number of nitrogens with two attached hydrogens (primary N) is 1. The molecular formula is C5H15NOSi. The summed E-state index contributed by atoms with van der Waals surface area (Å²) in [5, 5.41) is 0. The summed E-state index contributed by atoms with van der Waals surface area (Å²) in [6, 6.07) is 1.29. The van der Waals surface area contributed by atoms with E-state index in [0.29, 0.717) is 0 Å². The summed E-state index contributed by atoms with van der Waals surface area (Å²) >= 11 is 0. The zero-order valence-corrected chi connectivity index (χ0v) is 6.94. The van der Waals surface area contributed by atoms with Gasteiger partial charge in [-0.3, -0.25) is 0 Å². The molecule has 0 atom stereocenters. The predicted octanol–water partition coefficient (Wildman–Crippen LogP) is -0.126. The van der Waals surface area contributed by atoms with Gasteiger partial charge in [-0.15, -0.1) is 0 Å². The lowest BCUT2D eigenvalue weighted by molar-refractivity contribution is 0.439. The molecule has 50 valence electrons. The number of hydrogen-bond donors (Lipinski definition) is 1. The van der Waals surface area contributed by atoms with Crippen LogP contribution in [-0.4, -0.2) is 23.4 Å². The first-order valence-electron chi connectivity index (χ1n) is 3.11. The molecule has 3 heteroatoms. The van der Waals surface area contributed by atoms with Gasteiger partial charge >= 0.3 is 0 Å². The van der Waals surface area contributed by atoms with Crippen LogP contribution in [0.5, 0.6) is 0 Å². The van der Waals surface area contributed by atoms with Crippen LogP contribution in [0.3, 0.4) is 0 Å². The fourth-order valence-corrected chi connectivity index (χ4v) is 1.41. The van der Waals surface area contributed by atoms with Crippen LogP contribution in [0.15, 0.2) is 0 Å². The summed E-state index contributed by atoms with van der Waals surface area (Å²) in [6.07, 6.45) is 2.42. The van der Waals surface area contributed by atoms with E-state index in [1.54, 1.807) is 7.11 Å². The lowest BCUT2D eigenvalue weighted by Gasteiger charge is -1.94. The summed E-state index contributed by atoms with van der Waals surface area (Å²) in [4.78, 5) is 0. The van der Waals surface area contributed by atoms with Crippen LogP contribution in [-0.2, 0) is 4.43 Å². The van der Waals surface area contributed by atoms with E-state index in [2.05, 4.69) is 0 Å². The van der Waals surface area contributed by atoms with Crippen molar-refractivity contribution in [1.29, 1.82) is 0 Å². The molecule has 2 nitrogen and oxygen atoms in total. The van der Waals surface area contributed by atoms with Gasteiger partial charge in [-0.2, -0.15) is 0 Å². The average Bonchev–Trinajstić information content (AvgIpc) is 1.81. The zero-order valence-electron chi connectivity index (χ0n) is 5.52. The van der Waals surface area contributed by atoms with Crippen LogP contribution in [0, 0.1) is 0 Å². The molecule has 2 N–H and O–H groups in total. The monoisotopic (exact) mass is 133 g/mol. The van der Waals surface area contributed by atoms with Gasteiger partial charge in [0, 0.05) is 7.11 Å². The molecule has 0 unspecified atom stereocenters. The second-order valence-electron chi connectivity index (χ2n) is 1.84. The van der Waals surface area contributed by atoms with Gasteiger partial charge in [0.2, 0.25) is 0 Å². The van der Waals surface area contributed by atoms with Crippen LogP contribution >= 0.6 is 0 Å². The summed E-state index contributed by atoms with van der Waals surface area (Å²) in [5.74, 6) is 0. The van der Waals surface area contributed by atoms with E-state index in [1.165, 1.54) is 12.5 Å². The molecule has 0 saturated carbocycles. The molecule has 0 amide bonds. The Morgan fingerprint density at radius 1 is 1.50 bits per heavy atom. The van der Waals surface area contributed by atoms with E-state index in [4.69, 9.17) is 10.2 Å². The van der Waals surface area contributed by atoms with Gasteiger partial charge in [0.05, 0.1) is 0 Å². The third-order valence-corrected chi connectivity index (χ3v) is 2.25. The molecule has 8 heavy (non-hydrogen) atoms. The first kappa shape index (κ1) is 8.14. The highest BCUT2D eigenvalue weighted by Crippen LogP contribution is 1.91.